The lowest BCUT2D eigenvalue weighted by atomic mass is 9.98. The van der Waals surface area contributed by atoms with Gasteiger partial charge in [-0.15, -0.1) is 0 Å². The summed E-state index contributed by atoms with van der Waals surface area (Å²) in [6, 6.07) is 36.1. The molecule has 0 atom stereocenters. The number of aromatic nitrogens is 15. The number of nitrogens with zero attached hydrogens (tertiary/aromatic N) is 16. The first kappa shape index (κ1) is 45.5. The van der Waals surface area contributed by atoms with Crippen molar-refractivity contribution in [1.82, 2.24) is 73.9 Å². The highest BCUT2D eigenvalue weighted by atomic mass is 15.1. The molecule has 16 heteroatoms. The van der Waals surface area contributed by atoms with Gasteiger partial charge in [0.25, 0.3) is 0 Å². The molecule has 0 amide bonds. The van der Waals surface area contributed by atoms with E-state index in [0.717, 1.165) is 94.1 Å². The molecule has 0 saturated heterocycles. The quantitative estimate of drug-likeness (QED) is 0.146. The first-order valence-corrected chi connectivity index (χ1v) is 24.1. The van der Waals surface area contributed by atoms with E-state index in [1.807, 2.05) is 87.4 Å². The fraction of sp³-hybridized carbons (Fsp3) is 0.172. The Labute approximate surface area is 425 Å². The Hall–Kier alpha value is -9.62. The van der Waals surface area contributed by atoms with Gasteiger partial charge in [-0.2, -0.15) is 5.26 Å². The highest BCUT2D eigenvalue weighted by Gasteiger charge is 2.25. The van der Waals surface area contributed by atoms with E-state index in [4.69, 9.17) is 44.9 Å². The molecule has 5 aromatic carbocycles. The molecule has 7 aromatic heterocycles. The fourth-order valence-corrected chi connectivity index (χ4v) is 10.3. The summed E-state index contributed by atoms with van der Waals surface area (Å²) in [5, 5.41) is 15.6. The minimum absolute atomic E-state index is 0.425. The van der Waals surface area contributed by atoms with E-state index in [1.54, 1.807) is 0 Å². The topological polar surface area (TPSA) is 201 Å². The second-order valence-corrected chi connectivity index (χ2v) is 18.7. The Morgan fingerprint density at radius 3 is 0.905 bits per heavy atom. The zero-order valence-corrected chi connectivity index (χ0v) is 42.4. The maximum Gasteiger partial charge on any atom is 0.163 e. The lowest BCUT2D eigenvalue weighted by Crippen LogP contribution is -2.05. The van der Waals surface area contributed by atoms with E-state index in [9.17, 15) is 5.26 Å². The van der Waals surface area contributed by atoms with Gasteiger partial charge in [0.15, 0.2) is 23.3 Å². The first-order valence-electron chi connectivity index (χ1n) is 24.1. The van der Waals surface area contributed by atoms with E-state index in [0.29, 0.717) is 81.1 Å². The lowest BCUT2D eigenvalue weighted by Gasteiger charge is -2.20. The Morgan fingerprint density at radius 2 is 0.608 bits per heavy atom. The molecule has 0 aliphatic rings. The van der Waals surface area contributed by atoms with Crippen molar-refractivity contribution in [3.8, 4) is 74.1 Å². The van der Waals surface area contributed by atoms with Gasteiger partial charge >= 0.3 is 0 Å². The standard InChI is InChI=1S/C58H46N16/c1-28-19-42(20-29(2)60-28)48-26-49(73-50-21-38(55-65-30(3)61-31(4)66-55)11-15-44(50)45-16-12-39(22-51(45)73)56-67-32(5)62-33(6)68-56)43(27-59)25-54(48)74-52-23-40(57-69-34(7)63-35(8)70-57)13-17-46(52)47-18-14-41(24-53(47)74)58-71-36(9)64-37(10)72-58/h11-26H,1-10H3. The lowest BCUT2D eigenvalue weighted by molar-refractivity contribution is 0.928. The van der Waals surface area contributed by atoms with Crippen molar-refractivity contribution in [3.63, 3.8) is 0 Å². The number of hydrogen-bond acceptors (Lipinski definition) is 14. The number of nitriles is 1. The van der Waals surface area contributed by atoms with Crippen LogP contribution in [-0.4, -0.2) is 73.9 Å². The van der Waals surface area contributed by atoms with Crippen molar-refractivity contribution in [2.75, 3.05) is 0 Å². The molecule has 74 heavy (non-hydrogen) atoms. The highest BCUT2D eigenvalue weighted by Crippen LogP contribution is 2.43. The van der Waals surface area contributed by atoms with Crippen molar-refractivity contribution in [2.45, 2.75) is 69.2 Å². The number of aryl methyl sites for hydroxylation is 10. The minimum Gasteiger partial charge on any atom is -0.309 e. The van der Waals surface area contributed by atoms with Crippen LogP contribution in [0, 0.1) is 80.6 Å². The molecule has 0 bridgehead atoms. The third-order valence-electron chi connectivity index (χ3n) is 13.1. The molecule has 0 unspecified atom stereocenters. The van der Waals surface area contributed by atoms with Gasteiger partial charge in [-0.1, -0.05) is 48.5 Å². The van der Waals surface area contributed by atoms with Gasteiger partial charge in [-0.05, 0) is 123 Å². The Balaban J connectivity index is 1.21. The van der Waals surface area contributed by atoms with Crippen LogP contribution in [-0.2, 0) is 0 Å². The second-order valence-electron chi connectivity index (χ2n) is 18.7. The van der Waals surface area contributed by atoms with E-state index in [2.05, 4.69) is 114 Å². The number of pyridine rings is 1. The van der Waals surface area contributed by atoms with E-state index in [1.165, 1.54) is 0 Å². The maximum atomic E-state index is 11.7. The summed E-state index contributed by atoms with van der Waals surface area (Å²) in [6.07, 6.45) is 0. The molecule has 0 aliphatic heterocycles. The van der Waals surface area contributed by atoms with E-state index >= 15 is 0 Å². The number of hydrogen-bond donors (Lipinski definition) is 0. The molecular formula is C58H46N16. The van der Waals surface area contributed by atoms with Gasteiger partial charge in [0.1, 0.15) is 52.7 Å². The molecular weight excluding hydrogens is 921 g/mol. The van der Waals surface area contributed by atoms with Crippen molar-refractivity contribution in [1.29, 1.82) is 5.26 Å². The predicted octanol–water partition coefficient (Wildman–Crippen LogP) is 11.3. The van der Waals surface area contributed by atoms with Crippen LogP contribution >= 0.6 is 0 Å². The summed E-state index contributed by atoms with van der Waals surface area (Å²) >= 11 is 0. The summed E-state index contributed by atoms with van der Waals surface area (Å²) in [6.45, 7) is 19.0. The number of benzene rings is 5. The van der Waals surface area contributed by atoms with Crippen LogP contribution in [0.25, 0.3) is 112 Å². The van der Waals surface area contributed by atoms with Crippen molar-refractivity contribution >= 4 is 43.6 Å². The molecule has 7 heterocycles. The highest BCUT2D eigenvalue weighted by molar-refractivity contribution is 6.13. The SMILES string of the molecule is Cc1cc(-c2cc(-n3c4cc(-c5nc(C)nc(C)n5)ccc4c4ccc(-c5nc(C)nc(C)n5)cc43)c(C#N)cc2-n2c3cc(-c4nc(C)nc(C)n4)ccc3c3ccc(-c4nc(C)nc(C)n4)cc32)cc(C)n1. The van der Waals surface area contributed by atoms with Crippen molar-refractivity contribution in [2.24, 2.45) is 0 Å². The minimum atomic E-state index is 0.425. The fourth-order valence-electron chi connectivity index (χ4n) is 10.3. The molecule has 358 valence electrons. The molecule has 0 N–H and O–H groups in total. The summed E-state index contributed by atoms with van der Waals surface area (Å²) < 4.78 is 4.41. The smallest absolute Gasteiger partial charge is 0.163 e. The average molecular weight is 967 g/mol. The van der Waals surface area contributed by atoms with Crippen molar-refractivity contribution < 1.29 is 0 Å². The number of rotatable bonds is 7. The van der Waals surface area contributed by atoms with Crippen LogP contribution < -0.4 is 0 Å². The molecule has 12 rings (SSSR count). The van der Waals surface area contributed by atoms with Gasteiger partial charge in [-0.3, -0.25) is 4.98 Å². The van der Waals surface area contributed by atoms with Crippen LogP contribution in [0.2, 0.25) is 0 Å². The molecule has 0 radical (unpaired) electrons. The summed E-state index contributed by atoms with van der Waals surface area (Å²) in [5.41, 5.74) is 12.0. The van der Waals surface area contributed by atoms with Crippen LogP contribution in [0.4, 0.5) is 0 Å². The number of fused-ring (bicyclic) bond motifs is 6. The largest absolute Gasteiger partial charge is 0.309 e. The zero-order valence-electron chi connectivity index (χ0n) is 42.4. The van der Waals surface area contributed by atoms with Crippen LogP contribution in [0.5, 0.6) is 0 Å². The Morgan fingerprint density at radius 1 is 0.311 bits per heavy atom. The van der Waals surface area contributed by atoms with Crippen LogP contribution in [0.15, 0.2) is 97.1 Å². The Kier molecular flexibility index (Phi) is 10.6. The average Bonchev–Trinajstić information content (AvgIpc) is 3.86. The first-order chi connectivity index (χ1) is 35.6. The van der Waals surface area contributed by atoms with Crippen LogP contribution in [0.1, 0.15) is 63.5 Å². The molecule has 0 saturated carbocycles. The summed E-state index contributed by atoms with van der Waals surface area (Å²) in [5.74, 6) is 7.24. The molecule has 0 aliphatic carbocycles. The third kappa shape index (κ3) is 7.91. The predicted molar refractivity (Wildman–Crippen MR) is 286 cm³/mol. The van der Waals surface area contributed by atoms with Crippen LogP contribution in [0.3, 0.4) is 0 Å². The van der Waals surface area contributed by atoms with Crippen molar-refractivity contribution in [3.05, 3.63) is 161 Å². The summed E-state index contributed by atoms with van der Waals surface area (Å²) in [7, 11) is 0. The monoisotopic (exact) mass is 966 g/mol. The summed E-state index contributed by atoms with van der Waals surface area (Å²) in [4.78, 5) is 60.9. The maximum absolute atomic E-state index is 11.7. The van der Waals surface area contributed by atoms with Gasteiger partial charge < -0.3 is 9.13 Å². The third-order valence-corrected chi connectivity index (χ3v) is 13.1. The second kappa shape index (κ2) is 17.3. The molecule has 0 fully saturated rings. The molecule has 0 spiro atoms. The van der Waals surface area contributed by atoms with Gasteiger partial charge in [-0.25, -0.2) is 59.8 Å². The zero-order chi connectivity index (χ0) is 51.3. The Bertz CT molecular complexity index is 4090. The van der Waals surface area contributed by atoms with Gasteiger partial charge in [0.05, 0.1) is 39.0 Å². The van der Waals surface area contributed by atoms with E-state index < -0.39 is 0 Å². The molecule has 12 aromatic rings. The molecule has 16 nitrogen and oxygen atoms in total. The van der Waals surface area contributed by atoms with E-state index in [-0.39, 0.29) is 0 Å². The normalized spacial score (nSPS) is 11.6. The van der Waals surface area contributed by atoms with Gasteiger partial charge in [0.2, 0.25) is 0 Å². The van der Waals surface area contributed by atoms with Gasteiger partial charge in [0, 0.05) is 60.8 Å².